The lowest BCUT2D eigenvalue weighted by molar-refractivity contribution is 0.0395. The van der Waals surface area contributed by atoms with Gasteiger partial charge in [0.05, 0.1) is 11.3 Å². The molecule has 3 heteroatoms. The highest BCUT2D eigenvalue weighted by Crippen LogP contribution is 2.41. The second-order valence-corrected chi connectivity index (χ2v) is 5.55. The first-order valence-corrected chi connectivity index (χ1v) is 6.38. The van der Waals surface area contributed by atoms with E-state index in [9.17, 15) is 5.11 Å². The van der Waals surface area contributed by atoms with Gasteiger partial charge in [-0.2, -0.15) is 5.10 Å². The van der Waals surface area contributed by atoms with Gasteiger partial charge in [-0.1, -0.05) is 30.3 Å². The zero-order valence-electron chi connectivity index (χ0n) is 10.8. The first kappa shape index (κ1) is 11.5. The van der Waals surface area contributed by atoms with Crippen LogP contribution in [0.25, 0.3) is 0 Å². The molecule has 0 bridgehead atoms. The van der Waals surface area contributed by atoms with Crippen molar-refractivity contribution < 1.29 is 5.11 Å². The highest BCUT2D eigenvalue weighted by molar-refractivity contribution is 5.40. The molecular formula is C15H18N2O. The van der Waals surface area contributed by atoms with Crippen LogP contribution in [0.2, 0.25) is 0 Å². The van der Waals surface area contributed by atoms with E-state index in [2.05, 4.69) is 29.3 Å². The molecule has 0 spiro atoms. The van der Waals surface area contributed by atoms with Gasteiger partial charge in [-0.3, -0.25) is 5.10 Å². The van der Waals surface area contributed by atoms with Gasteiger partial charge >= 0.3 is 0 Å². The molecule has 0 saturated heterocycles. The lowest BCUT2D eigenvalue weighted by atomic mass is 9.74. The van der Waals surface area contributed by atoms with Crippen LogP contribution in [0.3, 0.4) is 0 Å². The van der Waals surface area contributed by atoms with Gasteiger partial charge < -0.3 is 5.11 Å². The van der Waals surface area contributed by atoms with Crippen LogP contribution in [0.4, 0.5) is 0 Å². The Hall–Kier alpha value is -1.61. The number of aromatic nitrogens is 2. The van der Waals surface area contributed by atoms with Crippen molar-refractivity contribution in [2.75, 3.05) is 0 Å². The van der Waals surface area contributed by atoms with Crippen molar-refractivity contribution in [1.82, 2.24) is 10.2 Å². The van der Waals surface area contributed by atoms with Gasteiger partial charge in [-0.15, -0.1) is 0 Å². The number of hydrogen-bond donors (Lipinski definition) is 2. The molecule has 2 N–H and O–H groups in total. The number of nitrogens with one attached hydrogen (secondary N) is 1. The molecule has 1 aliphatic carbocycles. The summed E-state index contributed by atoms with van der Waals surface area (Å²) in [5.41, 5.74) is 3.98. The standard InChI is InChI=1S/C15H18N2O/c1-10-14-12(11-6-4-3-5-7-11)8-15(2,18)9-13(14)17-16-10/h3-7,12,18H,8-9H2,1-2H3,(H,16,17)/t12-,15-/m1/s1. The second-order valence-electron chi connectivity index (χ2n) is 5.55. The summed E-state index contributed by atoms with van der Waals surface area (Å²) in [7, 11) is 0. The fourth-order valence-electron chi connectivity index (χ4n) is 3.03. The highest BCUT2D eigenvalue weighted by atomic mass is 16.3. The van der Waals surface area contributed by atoms with E-state index in [1.807, 2.05) is 25.1 Å². The van der Waals surface area contributed by atoms with Crippen molar-refractivity contribution in [3.05, 3.63) is 52.8 Å². The van der Waals surface area contributed by atoms with Crippen LogP contribution < -0.4 is 0 Å². The summed E-state index contributed by atoms with van der Waals surface area (Å²) in [5.74, 6) is 0.240. The van der Waals surface area contributed by atoms with Crippen LogP contribution in [0.5, 0.6) is 0 Å². The minimum Gasteiger partial charge on any atom is -0.390 e. The van der Waals surface area contributed by atoms with Crippen LogP contribution in [0.15, 0.2) is 30.3 Å². The van der Waals surface area contributed by atoms with Gasteiger partial charge in [0, 0.05) is 23.6 Å². The van der Waals surface area contributed by atoms with Gasteiger partial charge in [0.25, 0.3) is 0 Å². The molecule has 1 aromatic carbocycles. The Kier molecular flexibility index (Phi) is 2.52. The molecule has 0 saturated carbocycles. The van der Waals surface area contributed by atoms with Crippen LogP contribution in [0, 0.1) is 6.92 Å². The largest absolute Gasteiger partial charge is 0.390 e. The van der Waals surface area contributed by atoms with Crippen molar-refractivity contribution in [3.63, 3.8) is 0 Å². The number of nitrogens with zero attached hydrogens (tertiary/aromatic N) is 1. The Labute approximate surface area is 107 Å². The summed E-state index contributed by atoms with van der Waals surface area (Å²) in [6.45, 7) is 3.96. The fraction of sp³-hybridized carbons (Fsp3) is 0.400. The third kappa shape index (κ3) is 1.85. The quantitative estimate of drug-likeness (QED) is 0.807. The summed E-state index contributed by atoms with van der Waals surface area (Å²) in [6.07, 6.45) is 1.39. The van der Waals surface area contributed by atoms with Gasteiger partial charge in [0.2, 0.25) is 0 Å². The SMILES string of the molecule is Cc1[nH]nc2c1[C@@H](c1ccccc1)C[C@@](C)(O)C2. The summed E-state index contributed by atoms with van der Waals surface area (Å²) in [6, 6.07) is 10.4. The number of hydrogen-bond acceptors (Lipinski definition) is 2. The molecule has 0 aliphatic heterocycles. The molecule has 1 heterocycles. The number of aryl methyl sites for hydroxylation is 1. The van der Waals surface area contributed by atoms with E-state index in [0.717, 1.165) is 17.8 Å². The van der Waals surface area contributed by atoms with E-state index in [4.69, 9.17) is 0 Å². The predicted octanol–water partition coefficient (Wildman–Crippen LogP) is 2.55. The van der Waals surface area contributed by atoms with Crippen molar-refractivity contribution >= 4 is 0 Å². The Bertz CT molecular complexity index is 557. The van der Waals surface area contributed by atoms with E-state index in [0.29, 0.717) is 6.42 Å². The second kappa shape index (κ2) is 3.95. The smallest absolute Gasteiger partial charge is 0.0691 e. The summed E-state index contributed by atoms with van der Waals surface area (Å²) < 4.78 is 0. The average molecular weight is 242 g/mol. The maximum absolute atomic E-state index is 10.4. The molecule has 2 atom stereocenters. The minimum atomic E-state index is -0.671. The van der Waals surface area contributed by atoms with Gasteiger partial charge in [-0.05, 0) is 25.8 Å². The molecule has 94 valence electrons. The van der Waals surface area contributed by atoms with E-state index >= 15 is 0 Å². The summed E-state index contributed by atoms with van der Waals surface area (Å²) in [5, 5.41) is 17.8. The fourth-order valence-corrected chi connectivity index (χ4v) is 3.03. The van der Waals surface area contributed by atoms with E-state index in [1.54, 1.807) is 0 Å². The number of fused-ring (bicyclic) bond motifs is 1. The first-order chi connectivity index (χ1) is 8.57. The molecule has 0 unspecified atom stereocenters. The minimum absolute atomic E-state index is 0.240. The molecule has 0 fully saturated rings. The van der Waals surface area contributed by atoms with E-state index in [-0.39, 0.29) is 5.92 Å². The zero-order chi connectivity index (χ0) is 12.8. The molecule has 0 amide bonds. The van der Waals surface area contributed by atoms with Gasteiger partial charge in [-0.25, -0.2) is 0 Å². The Morgan fingerprint density at radius 3 is 2.78 bits per heavy atom. The molecule has 1 aliphatic rings. The highest BCUT2D eigenvalue weighted by Gasteiger charge is 2.37. The molecule has 0 radical (unpaired) electrons. The predicted molar refractivity (Wildman–Crippen MR) is 70.6 cm³/mol. The molecule has 3 nitrogen and oxygen atoms in total. The van der Waals surface area contributed by atoms with Crippen molar-refractivity contribution in [1.29, 1.82) is 0 Å². The number of rotatable bonds is 1. The van der Waals surface area contributed by atoms with Crippen molar-refractivity contribution in [2.24, 2.45) is 0 Å². The lowest BCUT2D eigenvalue weighted by Crippen LogP contribution is -2.34. The normalized spacial score (nSPS) is 26.9. The third-order valence-electron chi connectivity index (χ3n) is 3.82. The van der Waals surface area contributed by atoms with Crippen molar-refractivity contribution in [2.45, 2.75) is 38.2 Å². The Balaban J connectivity index is 2.12. The number of H-pyrrole nitrogens is 1. The number of aromatic amines is 1. The molecule has 2 aromatic rings. The van der Waals surface area contributed by atoms with Crippen LogP contribution in [-0.2, 0) is 6.42 Å². The average Bonchev–Trinajstić information content (AvgIpc) is 2.69. The summed E-state index contributed by atoms with van der Waals surface area (Å²) >= 11 is 0. The molecule has 18 heavy (non-hydrogen) atoms. The maximum Gasteiger partial charge on any atom is 0.0691 e. The van der Waals surface area contributed by atoms with Crippen LogP contribution in [0.1, 0.15) is 41.8 Å². The Morgan fingerprint density at radius 1 is 1.33 bits per heavy atom. The third-order valence-corrected chi connectivity index (χ3v) is 3.82. The topological polar surface area (TPSA) is 48.9 Å². The zero-order valence-corrected chi connectivity index (χ0v) is 10.8. The molecule has 3 rings (SSSR count). The van der Waals surface area contributed by atoms with Gasteiger partial charge in [0.15, 0.2) is 0 Å². The maximum atomic E-state index is 10.4. The van der Waals surface area contributed by atoms with Gasteiger partial charge in [0.1, 0.15) is 0 Å². The Morgan fingerprint density at radius 2 is 2.06 bits per heavy atom. The van der Waals surface area contributed by atoms with Crippen LogP contribution in [-0.4, -0.2) is 20.9 Å². The van der Waals surface area contributed by atoms with E-state index in [1.165, 1.54) is 11.1 Å². The van der Waals surface area contributed by atoms with Crippen molar-refractivity contribution in [3.8, 4) is 0 Å². The molecular weight excluding hydrogens is 224 g/mol. The first-order valence-electron chi connectivity index (χ1n) is 6.38. The van der Waals surface area contributed by atoms with E-state index < -0.39 is 5.60 Å². The summed E-state index contributed by atoms with van der Waals surface area (Å²) in [4.78, 5) is 0. The number of aliphatic hydroxyl groups is 1. The monoisotopic (exact) mass is 242 g/mol. The lowest BCUT2D eigenvalue weighted by Gasteiger charge is -2.34. The van der Waals surface area contributed by atoms with Crippen LogP contribution >= 0.6 is 0 Å². The number of benzene rings is 1. The molecule has 1 aromatic heterocycles.